The van der Waals surface area contributed by atoms with Gasteiger partial charge in [-0.2, -0.15) is 4.31 Å². The van der Waals surface area contributed by atoms with Crippen LogP contribution in [0.15, 0.2) is 23.1 Å². The van der Waals surface area contributed by atoms with Crippen LogP contribution in [0.4, 0.5) is 5.69 Å². The standard InChI is InChI=1S/C20H27N3O4S/c1-14(24)23-11-3-4-15-12-18(8-9-19(15)23)28(26,27)22-10-2-5-16(13-22)20(25)21-17-6-7-17/h8-9,12,16-17H,2-7,10-11,13H2,1H3,(H,21,25). The fourth-order valence-electron chi connectivity index (χ4n) is 4.13. The van der Waals surface area contributed by atoms with Gasteiger partial charge in [-0.25, -0.2) is 8.42 Å². The van der Waals surface area contributed by atoms with Gasteiger partial charge in [0.2, 0.25) is 21.8 Å². The van der Waals surface area contributed by atoms with Crippen LogP contribution in [0.5, 0.6) is 0 Å². The van der Waals surface area contributed by atoms with Crippen molar-refractivity contribution in [1.82, 2.24) is 9.62 Å². The third kappa shape index (κ3) is 3.80. The Kier molecular flexibility index (Phi) is 5.18. The van der Waals surface area contributed by atoms with Gasteiger partial charge in [0.25, 0.3) is 0 Å². The van der Waals surface area contributed by atoms with Crippen LogP contribution in [0.2, 0.25) is 0 Å². The molecule has 152 valence electrons. The van der Waals surface area contributed by atoms with Gasteiger partial charge in [0.1, 0.15) is 0 Å². The SMILES string of the molecule is CC(=O)N1CCCc2cc(S(=O)(=O)N3CCCC(C(=O)NC4CC4)C3)ccc21. The predicted molar refractivity (Wildman–Crippen MR) is 105 cm³/mol. The van der Waals surface area contributed by atoms with E-state index in [0.717, 1.165) is 43.4 Å². The summed E-state index contributed by atoms with van der Waals surface area (Å²) < 4.78 is 27.9. The normalized spacial score (nSPS) is 23.2. The zero-order valence-electron chi connectivity index (χ0n) is 16.2. The van der Waals surface area contributed by atoms with E-state index in [1.807, 2.05) is 0 Å². The lowest BCUT2D eigenvalue weighted by molar-refractivity contribution is -0.126. The summed E-state index contributed by atoms with van der Waals surface area (Å²) in [6.45, 7) is 2.86. The van der Waals surface area contributed by atoms with E-state index in [1.165, 1.54) is 11.2 Å². The number of hydrogen-bond acceptors (Lipinski definition) is 4. The molecule has 3 aliphatic rings. The number of carbonyl (C=O) groups is 2. The number of piperidine rings is 1. The van der Waals surface area contributed by atoms with Crippen LogP contribution in [0.1, 0.15) is 44.6 Å². The molecular weight excluding hydrogens is 378 g/mol. The molecular formula is C20H27N3O4S. The van der Waals surface area contributed by atoms with Crippen LogP contribution in [-0.2, 0) is 26.0 Å². The highest BCUT2D eigenvalue weighted by atomic mass is 32.2. The molecule has 7 nitrogen and oxygen atoms in total. The molecule has 1 saturated heterocycles. The number of anilines is 1. The molecule has 1 N–H and O–H groups in total. The highest BCUT2D eigenvalue weighted by Crippen LogP contribution is 2.32. The number of benzene rings is 1. The third-order valence-corrected chi connectivity index (χ3v) is 7.73. The Hall–Kier alpha value is -1.93. The summed E-state index contributed by atoms with van der Waals surface area (Å²) >= 11 is 0. The zero-order valence-corrected chi connectivity index (χ0v) is 17.0. The van der Waals surface area contributed by atoms with E-state index >= 15 is 0 Å². The van der Waals surface area contributed by atoms with E-state index in [1.54, 1.807) is 23.1 Å². The van der Waals surface area contributed by atoms with Gasteiger partial charge in [0, 0.05) is 38.3 Å². The number of hydrogen-bond donors (Lipinski definition) is 1. The van der Waals surface area contributed by atoms with Crippen molar-refractivity contribution >= 4 is 27.5 Å². The summed E-state index contributed by atoms with van der Waals surface area (Å²) in [6, 6.07) is 5.31. The second kappa shape index (κ2) is 7.48. The third-order valence-electron chi connectivity index (χ3n) is 5.87. The van der Waals surface area contributed by atoms with Crippen molar-refractivity contribution in [3.63, 3.8) is 0 Å². The maximum atomic E-state index is 13.2. The van der Waals surface area contributed by atoms with Gasteiger partial charge < -0.3 is 10.2 Å². The molecule has 4 rings (SSSR count). The predicted octanol–water partition coefficient (Wildman–Crippen LogP) is 1.67. The van der Waals surface area contributed by atoms with Crippen LogP contribution < -0.4 is 10.2 Å². The highest BCUT2D eigenvalue weighted by Gasteiger charge is 2.35. The van der Waals surface area contributed by atoms with Crippen molar-refractivity contribution in [3.8, 4) is 0 Å². The van der Waals surface area contributed by atoms with E-state index in [-0.39, 0.29) is 35.2 Å². The fourth-order valence-corrected chi connectivity index (χ4v) is 5.71. The van der Waals surface area contributed by atoms with Gasteiger partial charge >= 0.3 is 0 Å². The average molecular weight is 406 g/mol. The summed E-state index contributed by atoms with van der Waals surface area (Å²) in [5.41, 5.74) is 1.69. The monoisotopic (exact) mass is 405 g/mol. The van der Waals surface area contributed by atoms with Gasteiger partial charge in [-0.15, -0.1) is 0 Å². The van der Waals surface area contributed by atoms with Crippen molar-refractivity contribution in [2.75, 3.05) is 24.5 Å². The molecule has 1 aliphatic carbocycles. The Morgan fingerprint density at radius 2 is 1.89 bits per heavy atom. The molecule has 1 unspecified atom stereocenters. The molecule has 8 heteroatoms. The lowest BCUT2D eigenvalue weighted by atomic mass is 9.99. The lowest BCUT2D eigenvalue weighted by Gasteiger charge is -2.32. The summed E-state index contributed by atoms with van der Waals surface area (Å²) in [7, 11) is -3.66. The quantitative estimate of drug-likeness (QED) is 0.825. The Labute approximate surface area is 166 Å². The molecule has 1 aromatic carbocycles. The lowest BCUT2D eigenvalue weighted by Crippen LogP contribution is -2.45. The Morgan fingerprint density at radius 1 is 1.11 bits per heavy atom. The van der Waals surface area contributed by atoms with Crippen molar-refractivity contribution in [1.29, 1.82) is 0 Å². The molecule has 2 amide bonds. The number of aryl methyl sites for hydroxylation is 1. The molecule has 1 aromatic rings. The van der Waals surface area contributed by atoms with Crippen LogP contribution in [-0.4, -0.2) is 50.2 Å². The maximum absolute atomic E-state index is 13.2. The molecule has 2 heterocycles. The number of sulfonamides is 1. The van der Waals surface area contributed by atoms with Gasteiger partial charge in [0.15, 0.2) is 0 Å². The molecule has 1 saturated carbocycles. The van der Waals surface area contributed by atoms with Crippen molar-refractivity contribution in [3.05, 3.63) is 23.8 Å². The Balaban J connectivity index is 1.54. The smallest absolute Gasteiger partial charge is 0.243 e. The van der Waals surface area contributed by atoms with E-state index in [2.05, 4.69) is 5.32 Å². The summed E-state index contributed by atoms with van der Waals surface area (Å²) in [5, 5.41) is 2.99. The minimum Gasteiger partial charge on any atom is -0.353 e. The largest absolute Gasteiger partial charge is 0.353 e. The zero-order chi connectivity index (χ0) is 19.9. The molecule has 0 spiro atoms. The van der Waals surface area contributed by atoms with Crippen LogP contribution in [0, 0.1) is 5.92 Å². The first-order valence-electron chi connectivity index (χ1n) is 10.1. The molecule has 0 radical (unpaired) electrons. The van der Waals surface area contributed by atoms with E-state index in [4.69, 9.17) is 0 Å². The van der Waals surface area contributed by atoms with E-state index in [0.29, 0.717) is 19.5 Å². The molecule has 28 heavy (non-hydrogen) atoms. The molecule has 1 atom stereocenters. The van der Waals surface area contributed by atoms with Crippen LogP contribution in [0.3, 0.4) is 0 Å². The van der Waals surface area contributed by atoms with Gasteiger partial charge in [-0.1, -0.05) is 0 Å². The maximum Gasteiger partial charge on any atom is 0.243 e. The van der Waals surface area contributed by atoms with E-state index < -0.39 is 10.0 Å². The topological polar surface area (TPSA) is 86.8 Å². The number of carbonyl (C=O) groups excluding carboxylic acids is 2. The Bertz CT molecular complexity index is 895. The second-order valence-electron chi connectivity index (χ2n) is 8.05. The van der Waals surface area contributed by atoms with Crippen LogP contribution in [0.25, 0.3) is 0 Å². The summed E-state index contributed by atoms with van der Waals surface area (Å²) in [4.78, 5) is 26.2. The van der Waals surface area contributed by atoms with Crippen molar-refractivity contribution < 1.29 is 18.0 Å². The van der Waals surface area contributed by atoms with Crippen LogP contribution >= 0.6 is 0 Å². The van der Waals surface area contributed by atoms with E-state index in [9.17, 15) is 18.0 Å². The first-order valence-corrected chi connectivity index (χ1v) is 11.5. The Morgan fingerprint density at radius 3 is 2.61 bits per heavy atom. The first kappa shape index (κ1) is 19.4. The summed E-state index contributed by atoms with van der Waals surface area (Å²) in [5.74, 6) is -0.336. The fraction of sp³-hybridized carbons (Fsp3) is 0.600. The van der Waals surface area contributed by atoms with Crippen molar-refractivity contribution in [2.24, 2.45) is 5.92 Å². The number of fused-ring (bicyclic) bond motifs is 1. The summed E-state index contributed by atoms with van der Waals surface area (Å²) in [6.07, 6.45) is 5.03. The first-order chi connectivity index (χ1) is 13.4. The minimum atomic E-state index is -3.66. The highest BCUT2D eigenvalue weighted by molar-refractivity contribution is 7.89. The molecule has 2 fully saturated rings. The number of amides is 2. The van der Waals surface area contributed by atoms with Gasteiger partial charge in [-0.05, 0) is 62.3 Å². The molecule has 2 aliphatic heterocycles. The number of nitrogens with one attached hydrogen (secondary N) is 1. The van der Waals surface area contributed by atoms with Gasteiger partial charge in [0.05, 0.1) is 10.8 Å². The number of rotatable bonds is 4. The number of nitrogens with zero attached hydrogens (tertiary/aromatic N) is 2. The molecule has 0 bridgehead atoms. The second-order valence-corrected chi connectivity index (χ2v) is 9.99. The van der Waals surface area contributed by atoms with Crippen molar-refractivity contribution in [2.45, 2.75) is 56.4 Å². The average Bonchev–Trinajstić information content (AvgIpc) is 3.51. The van der Waals surface area contributed by atoms with Gasteiger partial charge in [-0.3, -0.25) is 9.59 Å². The molecule has 0 aromatic heterocycles. The minimum absolute atomic E-state index is 0.0232.